The zero-order valence-electron chi connectivity index (χ0n) is 20.3. The van der Waals surface area contributed by atoms with Gasteiger partial charge in [0.05, 0.1) is 6.61 Å². The lowest BCUT2D eigenvalue weighted by Gasteiger charge is -2.25. The van der Waals surface area contributed by atoms with Crippen molar-refractivity contribution in [2.75, 3.05) is 31.6 Å². The van der Waals surface area contributed by atoms with Crippen LogP contribution in [0.4, 0.5) is 10.5 Å². The Hall–Kier alpha value is -3.35. The smallest absolute Gasteiger partial charge is 0.312 e. The molecule has 0 spiro atoms. The summed E-state index contributed by atoms with van der Waals surface area (Å²) in [5.74, 6) is -1.79. The van der Waals surface area contributed by atoms with Gasteiger partial charge in [-0.05, 0) is 42.0 Å². The number of hydrogen-bond donors (Lipinski definition) is 5. The fourth-order valence-corrected chi connectivity index (χ4v) is 3.39. The van der Waals surface area contributed by atoms with Gasteiger partial charge in [-0.25, -0.2) is 4.79 Å². The van der Waals surface area contributed by atoms with Gasteiger partial charge in [0, 0.05) is 29.0 Å². The molecule has 0 aliphatic rings. The first-order chi connectivity index (χ1) is 17.2. The van der Waals surface area contributed by atoms with Crippen LogP contribution >= 0.6 is 15.9 Å². The average Bonchev–Trinajstić information content (AvgIpc) is 2.84. The lowest BCUT2D eigenvalue weighted by Crippen LogP contribution is -2.55. The number of halogens is 1. The maximum Gasteiger partial charge on any atom is 0.312 e. The first kappa shape index (κ1) is 30.7. The highest BCUT2D eigenvalue weighted by molar-refractivity contribution is 9.08. The zero-order valence-corrected chi connectivity index (χ0v) is 21.9. The van der Waals surface area contributed by atoms with E-state index in [2.05, 4.69) is 47.2 Å². The highest BCUT2D eigenvalue weighted by Crippen LogP contribution is 2.13. The molecule has 1 aromatic carbocycles. The molecule has 2 unspecified atom stereocenters. The second-order valence-corrected chi connectivity index (χ2v) is 8.67. The molecule has 0 fully saturated rings. The lowest BCUT2D eigenvalue weighted by atomic mass is 10.0. The molecule has 1 rings (SSSR count). The summed E-state index contributed by atoms with van der Waals surface area (Å²) < 4.78 is 5.12. The number of urea groups is 1. The molecule has 5 amide bonds. The predicted molar refractivity (Wildman–Crippen MR) is 138 cm³/mol. The molecular formula is C22H33BrN8O5. The van der Waals surface area contributed by atoms with Crippen molar-refractivity contribution < 1.29 is 23.9 Å². The van der Waals surface area contributed by atoms with Gasteiger partial charge < -0.3 is 31.7 Å². The van der Waals surface area contributed by atoms with Crippen molar-refractivity contribution in [3.63, 3.8) is 0 Å². The standard InChI is InChI=1S/C22H33BrN8O5/c1-14(2)19(30-18(32)13-36-11-10-27-31-25)21(34)29-17(4-3-9-26-22(24)35)20(33)28-16-7-5-15(12-23)6-8-16/h5-8,14,17,19H,3-4,9-13H2,1-2H3,(H,28,33)(H,29,34)(H,30,32)(H3,24,26,35). The third kappa shape index (κ3) is 12.4. The van der Waals surface area contributed by atoms with Gasteiger partial charge in [-0.1, -0.05) is 47.0 Å². The SMILES string of the molecule is CC(C)C(NC(=O)COCCN=[N+]=[N-])C(=O)NC(CCCNC(N)=O)C(=O)Nc1ccc(CBr)cc1. The molecule has 0 saturated heterocycles. The first-order valence-electron chi connectivity index (χ1n) is 11.3. The Bertz CT molecular complexity index is 922. The monoisotopic (exact) mass is 568 g/mol. The van der Waals surface area contributed by atoms with E-state index in [1.54, 1.807) is 26.0 Å². The van der Waals surface area contributed by atoms with Crippen molar-refractivity contribution in [1.82, 2.24) is 16.0 Å². The van der Waals surface area contributed by atoms with Crippen LogP contribution in [0, 0.1) is 5.92 Å². The Kier molecular flexibility index (Phi) is 14.6. The van der Waals surface area contributed by atoms with Crippen molar-refractivity contribution in [1.29, 1.82) is 0 Å². The number of primary amides is 1. The largest absolute Gasteiger partial charge is 0.372 e. The Morgan fingerprint density at radius 2 is 1.83 bits per heavy atom. The third-order valence-electron chi connectivity index (χ3n) is 4.88. The molecule has 13 nitrogen and oxygen atoms in total. The van der Waals surface area contributed by atoms with Crippen molar-refractivity contribution in [2.45, 2.75) is 44.1 Å². The number of alkyl halides is 1. The first-order valence-corrected chi connectivity index (χ1v) is 12.5. The number of rotatable bonds is 16. The number of anilines is 1. The Morgan fingerprint density at radius 1 is 1.14 bits per heavy atom. The average molecular weight is 569 g/mol. The number of hydrogen-bond acceptors (Lipinski definition) is 6. The number of carbonyl (C=O) groups is 4. The van der Waals surface area contributed by atoms with Crippen LogP contribution in [-0.2, 0) is 24.5 Å². The summed E-state index contributed by atoms with van der Waals surface area (Å²) >= 11 is 3.37. The van der Waals surface area contributed by atoms with E-state index in [0.717, 1.165) is 5.56 Å². The molecule has 0 bridgehead atoms. The summed E-state index contributed by atoms with van der Waals surface area (Å²) in [5.41, 5.74) is 14.9. The molecule has 0 radical (unpaired) electrons. The summed E-state index contributed by atoms with van der Waals surface area (Å²) in [6, 6.07) is 4.68. The van der Waals surface area contributed by atoms with Crippen molar-refractivity contribution >= 4 is 45.4 Å². The van der Waals surface area contributed by atoms with Crippen LogP contribution in [-0.4, -0.2) is 62.1 Å². The van der Waals surface area contributed by atoms with Crippen LogP contribution in [0.5, 0.6) is 0 Å². The fourth-order valence-electron chi connectivity index (χ4n) is 3.02. The van der Waals surface area contributed by atoms with Crippen LogP contribution in [0.2, 0.25) is 0 Å². The molecule has 1 aromatic rings. The topological polar surface area (TPSA) is 200 Å². The second-order valence-electron chi connectivity index (χ2n) is 8.11. The van der Waals surface area contributed by atoms with E-state index in [1.807, 2.05) is 12.1 Å². The van der Waals surface area contributed by atoms with Gasteiger partial charge in [0.25, 0.3) is 0 Å². The van der Waals surface area contributed by atoms with Gasteiger partial charge in [0.1, 0.15) is 18.7 Å². The molecule has 198 valence electrons. The van der Waals surface area contributed by atoms with Crippen molar-refractivity contribution in [2.24, 2.45) is 16.8 Å². The van der Waals surface area contributed by atoms with Crippen LogP contribution in [0.15, 0.2) is 29.4 Å². The molecule has 0 heterocycles. The highest BCUT2D eigenvalue weighted by atomic mass is 79.9. The number of nitrogens with zero attached hydrogens (tertiary/aromatic N) is 3. The fraction of sp³-hybridized carbons (Fsp3) is 0.545. The van der Waals surface area contributed by atoms with Gasteiger partial charge >= 0.3 is 6.03 Å². The second kappa shape index (κ2) is 17.1. The summed E-state index contributed by atoms with van der Waals surface area (Å²) in [7, 11) is 0. The number of nitrogens with one attached hydrogen (secondary N) is 4. The number of ether oxygens (including phenoxy) is 1. The summed E-state index contributed by atoms with van der Waals surface area (Å²) in [4.78, 5) is 51.8. The molecule has 0 aliphatic carbocycles. The number of azide groups is 1. The van der Waals surface area contributed by atoms with E-state index in [0.29, 0.717) is 17.4 Å². The van der Waals surface area contributed by atoms with E-state index in [-0.39, 0.29) is 38.6 Å². The Balaban J connectivity index is 2.83. The molecule has 0 aromatic heterocycles. The number of benzene rings is 1. The van der Waals surface area contributed by atoms with Crippen molar-refractivity contribution in [3.8, 4) is 0 Å². The van der Waals surface area contributed by atoms with Crippen molar-refractivity contribution in [3.05, 3.63) is 40.3 Å². The molecule has 2 atom stereocenters. The van der Waals surface area contributed by atoms with Gasteiger partial charge in [-0.15, -0.1) is 0 Å². The van der Waals surface area contributed by atoms with Crippen LogP contribution in [0.25, 0.3) is 10.4 Å². The minimum Gasteiger partial charge on any atom is -0.372 e. The minimum absolute atomic E-state index is 0.0637. The minimum atomic E-state index is -0.929. The Morgan fingerprint density at radius 3 is 2.42 bits per heavy atom. The lowest BCUT2D eigenvalue weighted by molar-refractivity contribution is -0.133. The predicted octanol–water partition coefficient (Wildman–Crippen LogP) is 1.92. The molecule has 14 heteroatoms. The summed E-state index contributed by atoms with van der Waals surface area (Å²) in [5, 5.41) is 14.5. The van der Waals surface area contributed by atoms with Crippen LogP contribution in [0.3, 0.4) is 0 Å². The quantitative estimate of drug-likeness (QED) is 0.0664. The van der Waals surface area contributed by atoms with E-state index >= 15 is 0 Å². The van der Waals surface area contributed by atoms with E-state index in [4.69, 9.17) is 16.0 Å². The van der Waals surface area contributed by atoms with Gasteiger partial charge in [0.2, 0.25) is 17.7 Å². The van der Waals surface area contributed by atoms with E-state index in [9.17, 15) is 19.2 Å². The van der Waals surface area contributed by atoms with Crippen LogP contribution in [0.1, 0.15) is 32.3 Å². The Labute approximate surface area is 218 Å². The van der Waals surface area contributed by atoms with Gasteiger partial charge in [-0.2, -0.15) is 0 Å². The number of nitrogens with two attached hydrogens (primary N) is 1. The van der Waals surface area contributed by atoms with Gasteiger partial charge in [0.15, 0.2) is 0 Å². The molecule has 36 heavy (non-hydrogen) atoms. The maximum absolute atomic E-state index is 13.0. The van der Waals surface area contributed by atoms with E-state index < -0.39 is 35.8 Å². The summed E-state index contributed by atoms with van der Waals surface area (Å²) in [6.45, 7) is 3.57. The molecule has 0 saturated carbocycles. The normalized spacial score (nSPS) is 12.1. The van der Waals surface area contributed by atoms with E-state index in [1.165, 1.54) is 0 Å². The third-order valence-corrected chi connectivity index (χ3v) is 5.52. The molecule has 0 aliphatic heterocycles. The number of amides is 5. The molecule has 6 N–H and O–H groups in total. The number of carbonyl (C=O) groups excluding carboxylic acids is 4. The summed E-state index contributed by atoms with van der Waals surface area (Å²) in [6.07, 6.45) is 0.597. The highest BCUT2D eigenvalue weighted by Gasteiger charge is 2.28. The molecular weight excluding hydrogens is 536 g/mol. The maximum atomic E-state index is 13.0. The van der Waals surface area contributed by atoms with Gasteiger partial charge in [-0.3, -0.25) is 14.4 Å². The van der Waals surface area contributed by atoms with Crippen LogP contribution < -0.4 is 27.0 Å². The zero-order chi connectivity index (χ0) is 26.9.